The molecule has 76 valence electrons. The summed E-state index contributed by atoms with van der Waals surface area (Å²) in [6.45, 7) is 1.75. The molecule has 3 heteroatoms. The first-order valence-electron chi connectivity index (χ1n) is 5.41. The van der Waals surface area contributed by atoms with Gasteiger partial charge < -0.3 is 4.90 Å². The van der Waals surface area contributed by atoms with Crippen molar-refractivity contribution in [1.82, 2.24) is 4.90 Å². The van der Waals surface area contributed by atoms with Gasteiger partial charge in [0, 0.05) is 13.1 Å². The van der Waals surface area contributed by atoms with Crippen molar-refractivity contribution >= 4 is 5.91 Å². The van der Waals surface area contributed by atoms with Crippen LogP contribution < -0.4 is 0 Å². The first-order chi connectivity index (χ1) is 6.76. The minimum absolute atomic E-state index is 0.0154. The predicted octanol–water partition coefficient (Wildman–Crippen LogP) is 1.69. The lowest BCUT2D eigenvalue weighted by Gasteiger charge is -2.47. The molecule has 2 rings (SSSR count). The quantitative estimate of drug-likeness (QED) is 0.634. The van der Waals surface area contributed by atoms with Crippen LogP contribution in [0.4, 0.5) is 0 Å². The topological polar surface area (TPSA) is 44.1 Å². The van der Waals surface area contributed by atoms with Crippen molar-refractivity contribution in [2.45, 2.75) is 38.5 Å². The average Bonchev–Trinajstić information content (AvgIpc) is 2.16. The van der Waals surface area contributed by atoms with E-state index in [0.29, 0.717) is 5.41 Å². The van der Waals surface area contributed by atoms with Gasteiger partial charge in [0.25, 0.3) is 0 Å². The van der Waals surface area contributed by atoms with Gasteiger partial charge in [-0.15, -0.1) is 0 Å². The molecule has 1 aliphatic heterocycles. The van der Waals surface area contributed by atoms with Gasteiger partial charge in [-0.1, -0.05) is 6.42 Å². The van der Waals surface area contributed by atoms with E-state index in [1.54, 1.807) is 0 Å². The van der Waals surface area contributed by atoms with E-state index in [2.05, 4.69) is 0 Å². The second-order valence-electron chi connectivity index (χ2n) is 4.57. The molecule has 0 aromatic carbocycles. The van der Waals surface area contributed by atoms with Crippen LogP contribution in [0.2, 0.25) is 0 Å². The zero-order valence-corrected chi connectivity index (χ0v) is 8.46. The van der Waals surface area contributed by atoms with E-state index < -0.39 is 0 Å². The largest absolute Gasteiger partial charge is 0.342 e. The highest BCUT2D eigenvalue weighted by Crippen LogP contribution is 2.48. The van der Waals surface area contributed by atoms with Crippen LogP contribution in [0.3, 0.4) is 0 Å². The SMILES string of the molecule is N#CCC(=O)N1CCC2(CCC2)CC1. The number of hydrogen-bond acceptors (Lipinski definition) is 2. The maximum Gasteiger partial charge on any atom is 0.236 e. The van der Waals surface area contributed by atoms with E-state index >= 15 is 0 Å². The van der Waals surface area contributed by atoms with Crippen LogP contribution in [-0.4, -0.2) is 23.9 Å². The molecule has 1 amide bonds. The highest BCUT2D eigenvalue weighted by molar-refractivity contribution is 5.78. The summed E-state index contributed by atoms with van der Waals surface area (Å²) in [6.07, 6.45) is 6.44. The molecule has 0 radical (unpaired) electrons. The zero-order valence-electron chi connectivity index (χ0n) is 8.46. The molecule has 0 unspecified atom stereocenters. The fourth-order valence-corrected chi connectivity index (χ4v) is 2.59. The number of hydrogen-bond donors (Lipinski definition) is 0. The van der Waals surface area contributed by atoms with Crippen LogP contribution in [0.25, 0.3) is 0 Å². The molecule has 1 spiro atoms. The Morgan fingerprint density at radius 1 is 1.29 bits per heavy atom. The summed E-state index contributed by atoms with van der Waals surface area (Å²) < 4.78 is 0. The summed E-state index contributed by atoms with van der Waals surface area (Å²) in [5.74, 6) is 0.0154. The number of amides is 1. The number of carbonyl (C=O) groups excluding carboxylic acids is 1. The van der Waals surface area contributed by atoms with Crippen LogP contribution in [0.5, 0.6) is 0 Å². The summed E-state index contributed by atoms with van der Waals surface area (Å²) in [6, 6.07) is 1.92. The first-order valence-corrected chi connectivity index (χ1v) is 5.41. The highest BCUT2D eigenvalue weighted by Gasteiger charge is 2.40. The molecule has 1 heterocycles. The summed E-state index contributed by atoms with van der Waals surface area (Å²) in [5, 5.41) is 8.43. The maximum absolute atomic E-state index is 11.4. The van der Waals surface area contributed by atoms with Crippen molar-refractivity contribution in [3.8, 4) is 6.07 Å². The molecule has 0 aromatic heterocycles. The Labute approximate surface area is 84.7 Å². The van der Waals surface area contributed by atoms with E-state index in [0.717, 1.165) is 25.9 Å². The zero-order chi connectivity index (χ0) is 10.0. The van der Waals surface area contributed by atoms with Crippen LogP contribution in [0, 0.1) is 16.7 Å². The van der Waals surface area contributed by atoms with E-state index in [4.69, 9.17) is 5.26 Å². The molecule has 1 aliphatic carbocycles. The van der Waals surface area contributed by atoms with Gasteiger partial charge in [0.2, 0.25) is 5.91 Å². The second kappa shape index (κ2) is 3.61. The molecular weight excluding hydrogens is 176 g/mol. The van der Waals surface area contributed by atoms with Gasteiger partial charge in [-0.05, 0) is 31.1 Å². The van der Waals surface area contributed by atoms with Gasteiger partial charge in [-0.3, -0.25) is 4.79 Å². The minimum Gasteiger partial charge on any atom is -0.342 e. The number of nitriles is 1. The van der Waals surface area contributed by atoms with E-state index in [1.807, 2.05) is 11.0 Å². The van der Waals surface area contributed by atoms with Gasteiger partial charge in [0.15, 0.2) is 0 Å². The Morgan fingerprint density at radius 3 is 2.36 bits per heavy atom. The summed E-state index contributed by atoms with van der Waals surface area (Å²) >= 11 is 0. The van der Waals surface area contributed by atoms with E-state index in [9.17, 15) is 4.79 Å². The lowest BCUT2D eigenvalue weighted by atomic mass is 9.63. The summed E-state index contributed by atoms with van der Waals surface area (Å²) in [4.78, 5) is 13.3. The third-order valence-corrected chi connectivity index (χ3v) is 3.82. The molecule has 2 aliphatic rings. The molecule has 0 atom stereocenters. The maximum atomic E-state index is 11.4. The third kappa shape index (κ3) is 1.61. The minimum atomic E-state index is 0.0154. The Morgan fingerprint density at radius 2 is 1.93 bits per heavy atom. The number of carbonyl (C=O) groups is 1. The molecule has 0 N–H and O–H groups in total. The van der Waals surface area contributed by atoms with Gasteiger partial charge in [0.05, 0.1) is 6.07 Å². The molecule has 1 saturated carbocycles. The van der Waals surface area contributed by atoms with E-state index in [1.165, 1.54) is 19.3 Å². The van der Waals surface area contributed by atoms with Crippen molar-refractivity contribution in [3.63, 3.8) is 0 Å². The molecule has 3 nitrogen and oxygen atoms in total. The van der Waals surface area contributed by atoms with E-state index in [-0.39, 0.29) is 12.3 Å². The van der Waals surface area contributed by atoms with Crippen molar-refractivity contribution in [1.29, 1.82) is 5.26 Å². The molecule has 0 aromatic rings. The third-order valence-electron chi connectivity index (χ3n) is 3.82. The molecule has 14 heavy (non-hydrogen) atoms. The number of piperidine rings is 1. The molecule has 2 fully saturated rings. The number of likely N-dealkylation sites (tertiary alicyclic amines) is 1. The van der Waals surface area contributed by atoms with Gasteiger partial charge in [-0.25, -0.2) is 0 Å². The Bertz CT molecular complexity index is 266. The predicted molar refractivity (Wildman–Crippen MR) is 52.3 cm³/mol. The van der Waals surface area contributed by atoms with Gasteiger partial charge >= 0.3 is 0 Å². The van der Waals surface area contributed by atoms with Gasteiger partial charge in [-0.2, -0.15) is 5.26 Å². The van der Waals surface area contributed by atoms with Crippen molar-refractivity contribution in [2.24, 2.45) is 5.41 Å². The van der Waals surface area contributed by atoms with Crippen molar-refractivity contribution < 1.29 is 4.79 Å². The Balaban J connectivity index is 1.84. The van der Waals surface area contributed by atoms with Gasteiger partial charge in [0.1, 0.15) is 6.42 Å². The molecular formula is C11H16N2O. The van der Waals surface area contributed by atoms with Crippen LogP contribution >= 0.6 is 0 Å². The average molecular weight is 192 g/mol. The fraction of sp³-hybridized carbons (Fsp3) is 0.818. The standard InChI is InChI=1S/C11H16N2O/c12-7-2-10(14)13-8-5-11(6-9-13)3-1-4-11/h1-6,8-9H2. The Kier molecular flexibility index (Phi) is 2.45. The highest BCUT2D eigenvalue weighted by atomic mass is 16.2. The monoisotopic (exact) mass is 192 g/mol. The normalized spacial score (nSPS) is 24.1. The lowest BCUT2D eigenvalue weighted by molar-refractivity contribution is -0.133. The number of rotatable bonds is 1. The Hall–Kier alpha value is -1.04. The van der Waals surface area contributed by atoms with Crippen LogP contribution in [0.1, 0.15) is 38.5 Å². The molecule has 0 bridgehead atoms. The second-order valence-corrected chi connectivity index (χ2v) is 4.57. The lowest BCUT2D eigenvalue weighted by Crippen LogP contribution is -2.45. The smallest absolute Gasteiger partial charge is 0.236 e. The summed E-state index contributed by atoms with van der Waals surface area (Å²) in [7, 11) is 0. The number of nitrogens with zero attached hydrogens (tertiary/aromatic N) is 2. The molecule has 1 saturated heterocycles. The van der Waals surface area contributed by atoms with Crippen LogP contribution in [0.15, 0.2) is 0 Å². The van der Waals surface area contributed by atoms with Crippen LogP contribution in [-0.2, 0) is 4.79 Å². The van der Waals surface area contributed by atoms with Crippen molar-refractivity contribution in [2.75, 3.05) is 13.1 Å². The summed E-state index contributed by atoms with van der Waals surface area (Å²) in [5.41, 5.74) is 0.587. The fourth-order valence-electron chi connectivity index (χ4n) is 2.59. The van der Waals surface area contributed by atoms with Crippen molar-refractivity contribution in [3.05, 3.63) is 0 Å². The first kappa shape index (κ1) is 9.51.